The van der Waals surface area contributed by atoms with Crippen LogP contribution in [0.15, 0.2) is 114 Å². The maximum Gasteiger partial charge on any atom is 0.408 e. The molecule has 0 saturated carbocycles. The number of carbonyl (C=O) groups excluding carboxylic acids is 4. The van der Waals surface area contributed by atoms with Crippen molar-refractivity contribution in [3.63, 3.8) is 0 Å². The number of hydrogen-bond acceptors (Lipinski definition) is 9. The first-order valence-electron chi connectivity index (χ1n) is 21.3. The molecule has 0 aliphatic carbocycles. The van der Waals surface area contributed by atoms with E-state index in [1.807, 2.05) is 83.8 Å². The van der Waals surface area contributed by atoms with Gasteiger partial charge in [0.1, 0.15) is 18.2 Å². The third kappa shape index (κ3) is 11.9. The van der Waals surface area contributed by atoms with Gasteiger partial charge in [-0.2, -0.15) is 0 Å². The molecule has 14 heteroatoms. The fourth-order valence-electron chi connectivity index (χ4n) is 8.34. The average Bonchev–Trinajstić information content (AvgIpc) is 3.94. The number of nitrogens with two attached hydrogens (primary N) is 1. The van der Waals surface area contributed by atoms with Gasteiger partial charge in [-0.05, 0) is 85.4 Å². The van der Waals surface area contributed by atoms with Crippen molar-refractivity contribution in [1.82, 2.24) is 20.1 Å². The zero-order valence-corrected chi connectivity index (χ0v) is 35.4. The number of fused-ring (bicyclic) bond motifs is 1. The lowest BCUT2D eigenvalue weighted by Crippen LogP contribution is -2.52. The molecule has 2 amide bonds. The summed E-state index contributed by atoms with van der Waals surface area (Å²) in [7, 11) is 0. The Kier molecular flexibility index (Phi) is 15.0. The van der Waals surface area contributed by atoms with Gasteiger partial charge in [0.15, 0.2) is 17.3 Å². The number of ether oxygens (including phenoxy) is 2. The summed E-state index contributed by atoms with van der Waals surface area (Å²) in [5.41, 5.74) is 9.42. The van der Waals surface area contributed by atoms with Crippen molar-refractivity contribution in [3.05, 3.63) is 137 Å². The summed E-state index contributed by atoms with van der Waals surface area (Å²) in [4.78, 5) is 65.1. The number of hydrogen-bond donors (Lipinski definition) is 3. The van der Waals surface area contributed by atoms with Crippen LogP contribution in [0.2, 0.25) is 5.02 Å². The lowest BCUT2D eigenvalue weighted by molar-refractivity contribution is -0.139. The smallest absolute Gasteiger partial charge is 0.408 e. The molecular formula is C48H53ClN6O7. The number of rotatable bonds is 18. The minimum atomic E-state index is -1.03. The first-order chi connectivity index (χ1) is 30.1. The molecule has 0 radical (unpaired) electrons. The lowest BCUT2D eigenvalue weighted by atomic mass is 9.84. The molecule has 62 heavy (non-hydrogen) atoms. The van der Waals surface area contributed by atoms with E-state index in [1.54, 1.807) is 30.3 Å². The molecule has 3 heterocycles. The number of nitrogens with zero attached hydrogens (tertiary/aromatic N) is 3. The fraction of sp³-hybridized carbons (Fsp3) is 0.375. The summed E-state index contributed by atoms with van der Waals surface area (Å²) in [6, 6.07) is 31.4. The molecular weight excluding hydrogens is 808 g/mol. The van der Waals surface area contributed by atoms with Crippen molar-refractivity contribution < 1.29 is 33.1 Å². The second-order valence-electron chi connectivity index (χ2n) is 16.2. The van der Waals surface area contributed by atoms with Crippen LogP contribution in [0.3, 0.4) is 0 Å². The summed E-state index contributed by atoms with van der Waals surface area (Å²) in [6.45, 7) is 1.65. The normalized spacial score (nSPS) is 17.7. The number of halogens is 1. The Bertz CT molecular complexity index is 2270. The van der Waals surface area contributed by atoms with Crippen LogP contribution in [0.1, 0.15) is 72.3 Å². The van der Waals surface area contributed by atoms with Gasteiger partial charge in [-0.25, -0.2) is 9.78 Å². The van der Waals surface area contributed by atoms with Gasteiger partial charge in [-0.1, -0.05) is 96.5 Å². The second-order valence-corrected chi connectivity index (χ2v) is 16.6. The summed E-state index contributed by atoms with van der Waals surface area (Å²) in [6.07, 6.45) is 2.20. The van der Waals surface area contributed by atoms with Crippen LogP contribution >= 0.6 is 11.6 Å². The number of aryl methyl sites for hydroxylation is 1. The minimum absolute atomic E-state index is 0.0169. The molecule has 5 aromatic rings. The number of likely N-dealkylation sites (tertiary alicyclic amines) is 2. The zero-order chi connectivity index (χ0) is 43.4. The maximum atomic E-state index is 14.8. The lowest BCUT2D eigenvalue weighted by Gasteiger charge is -2.32. The highest BCUT2D eigenvalue weighted by Gasteiger charge is 2.43. The highest BCUT2D eigenvalue weighted by Crippen LogP contribution is 2.31. The minimum Gasteiger partial charge on any atom is -0.445 e. The molecule has 2 aliphatic heterocycles. The Balaban J connectivity index is 1.12. The number of alkyl carbamates (subject to hydrolysis) is 1. The largest absolute Gasteiger partial charge is 0.445 e. The highest BCUT2D eigenvalue weighted by molar-refractivity contribution is 6.30. The van der Waals surface area contributed by atoms with Crippen LogP contribution < -0.4 is 11.1 Å². The van der Waals surface area contributed by atoms with Crippen molar-refractivity contribution in [2.75, 3.05) is 19.6 Å². The molecule has 4 atom stereocenters. The predicted octanol–water partition coefficient (Wildman–Crippen LogP) is 7.74. The molecule has 0 bridgehead atoms. The average molecular weight is 861 g/mol. The molecule has 2 saturated heterocycles. The van der Waals surface area contributed by atoms with Crippen LogP contribution in [0.25, 0.3) is 11.1 Å². The van der Waals surface area contributed by atoms with Gasteiger partial charge in [0.25, 0.3) is 5.89 Å². The third-order valence-corrected chi connectivity index (χ3v) is 12.1. The molecule has 4 aromatic carbocycles. The van der Waals surface area contributed by atoms with Gasteiger partial charge in [-0.15, -0.1) is 0 Å². The van der Waals surface area contributed by atoms with Gasteiger partial charge >= 0.3 is 6.09 Å². The topological polar surface area (TPSA) is 181 Å². The highest BCUT2D eigenvalue weighted by atomic mass is 35.5. The summed E-state index contributed by atoms with van der Waals surface area (Å²) in [5, 5.41) is 11.2. The first kappa shape index (κ1) is 44.0. The Morgan fingerprint density at radius 3 is 2.21 bits per heavy atom. The van der Waals surface area contributed by atoms with E-state index in [0.29, 0.717) is 48.5 Å². The van der Waals surface area contributed by atoms with Crippen LogP contribution in [0.5, 0.6) is 0 Å². The van der Waals surface area contributed by atoms with Crippen LogP contribution in [0.4, 0.5) is 4.79 Å². The van der Waals surface area contributed by atoms with Gasteiger partial charge in [0.05, 0.1) is 18.8 Å². The van der Waals surface area contributed by atoms with E-state index in [0.717, 1.165) is 29.5 Å². The molecule has 0 spiro atoms. The predicted molar refractivity (Wildman–Crippen MR) is 235 cm³/mol. The number of Topliss-reactive ketones (excluding diaryl/α,β-unsaturated/α-hetero) is 2. The van der Waals surface area contributed by atoms with Crippen molar-refractivity contribution >= 4 is 52.2 Å². The van der Waals surface area contributed by atoms with Crippen molar-refractivity contribution in [2.45, 2.75) is 82.8 Å². The van der Waals surface area contributed by atoms with Gasteiger partial charge in [-0.3, -0.25) is 19.8 Å². The monoisotopic (exact) mass is 860 g/mol. The second kappa shape index (κ2) is 21.2. The summed E-state index contributed by atoms with van der Waals surface area (Å²) >= 11 is 6.13. The van der Waals surface area contributed by atoms with E-state index >= 15 is 0 Å². The standard InChI is InChI=1S/C48H53ClN6O7/c49-37-20-16-35(17-21-37)30-60-38-28-41(55(29-38)46(58)40(22-18-32-9-3-1-4-10-32)53-48(59)61-31-34-11-5-2-6-12-34)42(56)27-36(19-15-33-23-25-54(26-24-33)47(50)51)44(57)45-52-39-13-7-8-14-43(39)62-45/h1-14,16-17,20-21,33,36,38,40-41H,15,18-19,22-31H2,(H3,50,51)(H,53,59)/t36?,38-,40-,41+/m1/s1. The molecule has 7 rings (SSSR count). The fourth-order valence-corrected chi connectivity index (χ4v) is 8.46. The number of piperidine rings is 1. The van der Waals surface area contributed by atoms with Gasteiger partial charge in [0.2, 0.25) is 11.7 Å². The molecule has 2 fully saturated rings. The van der Waals surface area contributed by atoms with Gasteiger partial charge < -0.3 is 34.7 Å². The van der Waals surface area contributed by atoms with Crippen molar-refractivity contribution in [3.8, 4) is 0 Å². The van der Waals surface area contributed by atoms with E-state index in [4.69, 9.17) is 36.6 Å². The van der Waals surface area contributed by atoms with Crippen LogP contribution in [-0.4, -0.2) is 82.1 Å². The first-order valence-corrected chi connectivity index (χ1v) is 21.7. The number of carbonyl (C=O) groups is 4. The van der Waals surface area contributed by atoms with E-state index in [2.05, 4.69) is 10.3 Å². The third-order valence-electron chi connectivity index (χ3n) is 11.9. The van der Waals surface area contributed by atoms with E-state index in [-0.39, 0.29) is 68.4 Å². The summed E-state index contributed by atoms with van der Waals surface area (Å²) in [5.74, 6) is -1.60. The molecule has 4 N–H and O–H groups in total. The summed E-state index contributed by atoms with van der Waals surface area (Å²) < 4.78 is 17.8. The number of aromatic nitrogens is 1. The molecule has 1 aromatic heterocycles. The van der Waals surface area contributed by atoms with E-state index in [9.17, 15) is 19.2 Å². The number of ketones is 2. The SMILES string of the molecule is N=C(N)N1CCC(CCC(CC(=O)[C@@H]2C[C@@H](OCc3ccc(Cl)cc3)CN2C(=O)[C@@H](CCc2ccccc2)NC(=O)OCc2ccccc2)C(=O)c2nc3ccccc3o2)CC1. The van der Waals surface area contributed by atoms with Crippen molar-refractivity contribution in [2.24, 2.45) is 17.6 Å². The maximum absolute atomic E-state index is 14.8. The zero-order valence-electron chi connectivity index (χ0n) is 34.6. The number of amides is 2. The Hall–Kier alpha value is -6.05. The molecule has 2 aliphatic rings. The number of nitrogens with one attached hydrogen (secondary N) is 2. The number of guanidine groups is 1. The quantitative estimate of drug-likeness (QED) is 0.0448. The number of benzene rings is 4. The van der Waals surface area contributed by atoms with Gasteiger partial charge in [0, 0.05) is 43.4 Å². The molecule has 13 nitrogen and oxygen atoms in total. The van der Waals surface area contributed by atoms with Crippen LogP contribution in [0, 0.1) is 17.2 Å². The number of oxazole rings is 1. The van der Waals surface area contributed by atoms with E-state index in [1.165, 1.54) is 4.90 Å². The Morgan fingerprint density at radius 1 is 0.855 bits per heavy atom. The van der Waals surface area contributed by atoms with Crippen molar-refractivity contribution in [1.29, 1.82) is 5.41 Å². The Labute approximate surface area is 366 Å². The molecule has 1 unspecified atom stereocenters. The molecule has 324 valence electrons. The Morgan fingerprint density at radius 2 is 1.52 bits per heavy atom. The van der Waals surface area contributed by atoms with Crippen LogP contribution in [-0.2, 0) is 38.7 Å². The number of para-hydroxylation sites is 2. The van der Waals surface area contributed by atoms with E-state index < -0.39 is 36.1 Å².